The van der Waals surface area contributed by atoms with Gasteiger partial charge in [0.25, 0.3) is 0 Å². The molecule has 1 N–H and O–H groups in total. The number of aliphatic hydroxyl groups excluding tert-OH is 1. The van der Waals surface area contributed by atoms with Crippen LogP contribution in [-0.4, -0.2) is 5.11 Å². The highest BCUT2D eigenvalue weighted by atomic mass is 79.9. The van der Waals surface area contributed by atoms with Gasteiger partial charge in [-0.05, 0) is 29.8 Å². The van der Waals surface area contributed by atoms with E-state index < -0.39 is 0 Å². The summed E-state index contributed by atoms with van der Waals surface area (Å²) in [5.41, 5.74) is 1.18. The number of hydrogen-bond donors (Lipinski definition) is 1. The quantitative estimate of drug-likeness (QED) is 0.881. The summed E-state index contributed by atoms with van der Waals surface area (Å²) >= 11 is 5.06. The molecule has 0 atom stereocenters. The smallest absolute Gasteiger partial charge is 0.0774 e. The monoisotopic (exact) mass is 268 g/mol. The second-order valence-electron chi connectivity index (χ2n) is 2.93. The van der Waals surface area contributed by atoms with Crippen LogP contribution < -0.4 is 0 Å². The molecule has 2 rings (SSSR count). The molecule has 1 nitrogen and oxygen atoms in total. The Labute approximate surface area is 95.2 Å². The lowest BCUT2D eigenvalue weighted by atomic mass is 10.2. The van der Waals surface area contributed by atoms with Crippen molar-refractivity contribution in [1.29, 1.82) is 0 Å². The van der Waals surface area contributed by atoms with Gasteiger partial charge in [0.05, 0.1) is 6.61 Å². The maximum absolute atomic E-state index is 8.95. The zero-order valence-electron chi connectivity index (χ0n) is 7.40. The Morgan fingerprint density at radius 3 is 2.71 bits per heavy atom. The molecular weight excluding hydrogens is 260 g/mol. The Morgan fingerprint density at radius 2 is 2.07 bits per heavy atom. The van der Waals surface area contributed by atoms with E-state index in [1.54, 1.807) is 11.3 Å². The Balaban J connectivity index is 2.39. The van der Waals surface area contributed by atoms with E-state index in [2.05, 4.69) is 28.1 Å². The Morgan fingerprint density at radius 1 is 1.21 bits per heavy atom. The number of rotatable bonds is 2. The first-order valence-electron chi connectivity index (χ1n) is 4.25. The Bertz CT molecular complexity index is 436. The first-order valence-corrected chi connectivity index (χ1v) is 5.86. The second kappa shape index (κ2) is 4.26. The van der Waals surface area contributed by atoms with Gasteiger partial charge in [0, 0.05) is 14.2 Å². The molecule has 14 heavy (non-hydrogen) atoms. The van der Waals surface area contributed by atoms with Crippen LogP contribution in [-0.2, 0) is 6.61 Å². The largest absolute Gasteiger partial charge is 0.391 e. The second-order valence-corrected chi connectivity index (χ2v) is 5.02. The summed E-state index contributed by atoms with van der Waals surface area (Å²) in [5, 5.41) is 8.95. The van der Waals surface area contributed by atoms with E-state index in [0.717, 1.165) is 9.35 Å². The molecule has 2 aromatic rings. The first-order chi connectivity index (χ1) is 6.79. The molecule has 1 aromatic carbocycles. The van der Waals surface area contributed by atoms with Crippen molar-refractivity contribution >= 4 is 27.3 Å². The van der Waals surface area contributed by atoms with E-state index in [1.165, 1.54) is 10.4 Å². The molecule has 1 heterocycles. The summed E-state index contributed by atoms with van der Waals surface area (Å²) in [6, 6.07) is 12.2. The minimum Gasteiger partial charge on any atom is -0.391 e. The molecule has 0 aliphatic heterocycles. The first kappa shape index (κ1) is 9.90. The predicted molar refractivity (Wildman–Crippen MR) is 63.4 cm³/mol. The van der Waals surface area contributed by atoms with E-state index in [1.807, 2.05) is 24.3 Å². The fourth-order valence-corrected chi connectivity index (χ4v) is 2.52. The van der Waals surface area contributed by atoms with Crippen molar-refractivity contribution in [3.8, 4) is 10.4 Å². The van der Waals surface area contributed by atoms with Crippen LogP contribution in [0.25, 0.3) is 10.4 Å². The highest BCUT2D eigenvalue weighted by Gasteiger charge is 2.01. The average molecular weight is 269 g/mol. The SMILES string of the molecule is OCc1ccc(-c2cccc(Br)c2)s1. The van der Waals surface area contributed by atoms with Crippen LogP contribution in [0.3, 0.4) is 0 Å². The van der Waals surface area contributed by atoms with Crippen molar-refractivity contribution < 1.29 is 5.11 Å². The summed E-state index contributed by atoms with van der Waals surface area (Å²) in [7, 11) is 0. The van der Waals surface area contributed by atoms with Gasteiger partial charge in [0.15, 0.2) is 0 Å². The molecule has 0 unspecified atom stereocenters. The molecule has 0 radical (unpaired) electrons. The van der Waals surface area contributed by atoms with Gasteiger partial charge in [-0.2, -0.15) is 0 Å². The zero-order valence-corrected chi connectivity index (χ0v) is 9.81. The molecular formula is C11H9BrOS. The van der Waals surface area contributed by atoms with Crippen molar-refractivity contribution in [2.75, 3.05) is 0 Å². The number of benzene rings is 1. The van der Waals surface area contributed by atoms with Crippen molar-refractivity contribution in [2.24, 2.45) is 0 Å². The van der Waals surface area contributed by atoms with Gasteiger partial charge < -0.3 is 5.11 Å². The molecule has 0 bridgehead atoms. The van der Waals surface area contributed by atoms with Gasteiger partial charge in [0.1, 0.15) is 0 Å². The Kier molecular flexibility index (Phi) is 3.01. The summed E-state index contributed by atoms with van der Waals surface area (Å²) in [4.78, 5) is 2.19. The molecule has 0 aliphatic rings. The van der Waals surface area contributed by atoms with Crippen molar-refractivity contribution in [3.63, 3.8) is 0 Å². The van der Waals surface area contributed by atoms with E-state index in [-0.39, 0.29) is 6.61 Å². The molecule has 3 heteroatoms. The molecule has 0 spiro atoms. The van der Waals surface area contributed by atoms with Gasteiger partial charge in [-0.3, -0.25) is 0 Å². The molecule has 0 saturated carbocycles. The van der Waals surface area contributed by atoms with Gasteiger partial charge in [0.2, 0.25) is 0 Å². The lowest BCUT2D eigenvalue weighted by molar-refractivity contribution is 0.285. The molecule has 0 fully saturated rings. The molecule has 1 aromatic heterocycles. The third-order valence-electron chi connectivity index (χ3n) is 1.93. The lowest BCUT2D eigenvalue weighted by Crippen LogP contribution is -1.71. The minimum atomic E-state index is 0.124. The van der Waals surface area contributed by atoms with E-state index >= 15 is 0 Å². The van der Waals surface area contributed by atoms with Gasteiger partial charge in [-0.25, -0.2) is 0 Å². The lowest BCUT2D eigenvalue weighted by Gasteiger charge is -1.97. The third-order valence-corrected chi connectivity index (χ3v) is 3.54. The van der Waals surface area contributed by atoms with Crippen molar-refractivity contribution in [2.45, 2.75) is 6.61 Å². The molecule has 0 amide bonds. The standard InChI is InChI=1S/C11H9BrOS/c12-9-3-1-2-8(6-9)11-5-4-10(7-13)14-11/h1-6,13H,7H2. The van der Waals surface area contributed by atoms with Gasteiger partial charge in [-0.1, -0.05) is 28.1 Å². The van der Waals surface area contributed by atoms with Crippen molar-refractivity contribution in [1.82, 2.24) is 0 Å². The third kappa shape index (κ3) is 2.05. The molecule has 72 valence electrons. The van der Waals surface area contributed by atoms with Crippen LogP contribution >= 0.6 is 27.3 Å². The van der Waals surface area contributed by atoms with Crippen LogP contribution in [0.4, 0.5) is 0 Å². The van der Waals surface area contributed by atoms with E-state index in [9.17, 15) is 0 Å². The maximum atomic E-state index is 8.95. The van der Waals surface area contributed by atoms with Crippen LogP contribution in [0.5, 0.6) is 0 Å². The normalized spacial score (nSPS) is 10.4. The number of hydrogen-bond acceptors (Lipinski definition) is 2. The van der Waals surface area contributed by atoms with E-state index in [4.69, 9.17) is 5.11 Å². The van der Waals surface area contributed by atoms with Crippen molar-refractivity contribution in [3.05, 3.63) is 45.7 Å². The summed E-state index contributed by atoms with van der Waals surface area (Å²) in [6.07, 6.45) is 0. The van der Waals surface area contributed by atoms with Crippen LogP contribution in [0.1, 0.15) is 4.88 Å². The predicted octanol–water partition coefficient (Wildman–Crippen LogP) is 3.67. The van der Waals surface area contributed by atoms with Gasteiger partial charge in [-0.15, -0.1) is 11.3 Å². The average Bonchev–Trinajstić information content (AvgIpc) is 2.66. The summed E-state index contributed by atoms with van der Waals surface area (Å²) < 4.78 is 1.08. The van der Waals surface area contributed by atoms with Gasteiger partial charge >= 0.3 is 0 Å². The number of halogens is 1. The molecule has 0 saturated heterocycles. The maximum Gasteiger partial charge on any atom is 0.0774 e. The summed E-state index contributed by atoms with van der Waals surface area (Å²) in [6.45, 7) is 0.124. The Hall–Kier alpha value is -0.640. The van der Waals surface area contributed by atoms with Crippen LogP contribution in [0, 0.1) is 0 Å². The fourth-order valence-electron chi connectivity index (χ4n) is 1.26. The van der Waals surface area contributed by atoms with Crippen LogP contribution in [0.2, 0.25) is 0 Å². The highest BCUT2D eigenvalue weighted by Crippen LogP contribution is 2.29. The van der Waals surface area contributed by atoms with Crippen LogP contribution in [0.15, 0.2) is 40.9 Å². The zero-order chi connectivity index (χ0) is 9.97. The topological polar surface area (TPSA) is 20.2 Å². The molecule has 0 aliphatic carbocycles. The number of thiophene rings is 1. The van der Waals surface area contributed by atoms with E-state index in [0.29, 0.717) is 0 Å². The summed E-state index contributed by atoms with van der Waals surface area (Å²) in [5.74, 6) is 0. The fraction of sp³-hybridized carbons (Fsp3) is 0.0909. The minimum absolute atomic E-state index is 0.124. The highest BCUT2D eigenvalue weighted by molar-refractivity contribution is 9.10. The number of aliphatic hydroxyl groups is 1.